The summed E-state index contributed by atoms with van der Waals surface area (Å²) < 4.78 is 22.7. The molecule has 0 radical (unpaired) electrons. The summed E-state index contributed by atoms with van der Waals surface area (Å²) in [4.78, 5) is 12.3. The van der Waals surface area contributed by atoms with Gasteiger partial charge in [-0.25, -0.2) is 0 Å². The van der Waals surface area contributed by atoms with Gasteiger partial charge in [-0.15, -0.1) is 6.55 Å². The second-order valence-corrected chi connectivity index (χ2v) is 5.11. The minimum atomic E-state index is -1.66. The van der Waals surface area contributed by atoms with E-state index in [1.165, 1.54) is 6.55 Å². The summed E-state index contributed by atoms with van der Waals surface area (Å²) in [5.74, 6) is 0.228. The molecule has 0 amide bonds. The maximum Gasteiger partial charge on any atom is 0.139 e. The fraction of sp³-hybridized carbons (Fsp3) is 0.786. The molecule has 0 aromatic rings. The summed E-state index contributed by atoms with van der Waals surface area (Å²) in [5, 5.41) is 0. The van der Waals surface area contributed by atoms with E-state index in [2.05, 4.69) is 13.8 Å². The Bertz CT molecular complexity index is 336. The molecule has 1 aliphatic rings. The summed E-state index contributed by atoms with van der Waals surface area (Å²) in [6, 6.07) is 0. The Morgan fingerprint density at radius 2 is 2.53 bits per heavy atom. The third kappa shape index (κ3) is 2.50. The van der Waals surface area contributed by atoms with Gasteiger partial charge in [0.2, 0.25) is 0 Å². The fourth-order valence-corrected chi connectivity index (χ4v) is 2.66. The Morgan fingerprint density at radius 1 is 1.80 bits per heavy atom. The molecule has 86 valence electrons. The summed E-state index contributed by atoms with van der Waals surface area (Å²) in [6.45, 7) is 7.34. The highest BCUT2D eigenvalue weighted by molar-refractivity contribution is 5.86. The number of rotatable bonds is 5. The van der Waals surface area contributed by atoms with Crippen LogP contribution in [-0.2, 0) is 4.79 Å². The van der Waals surface area contributed by atoms with Crippen LogP contribution in [0.25, 0.3) is 0 Å². The third-order valence-electron chi connectivity index (χ3n) is 3.69. The molecular weight excluding hydrogens is 184 g/mol. The average molecular weight is 211 g/mol. The van der Waals surface area contributed by atoms with E-state index in [4.69, 9.17) is 4.11 Å². The van der Waals surface area contributed by atoms with Crippen LogP contribution < -0.4 is 0 Å². The fourth-order valence-electron chi connectivity index (χ4n) is 2.66. The predicted octanol–water partition coefficient (Wildman–Crippen LogP) is 3.98. The van der Waals surface area contributed by atoms with Gasteiger partial charge in [0.25, 0.3) is 0 Å². The van der Waals surface area contributed by atoms with E-state index in [1.54, 1.807) is 6.08 Å². The molecule has 0 bridgehead atoms. The molecule has 1 fully saturated rings. The highest BCUT2D eigenvalue weighted by Gasteiger charge is 2.46. The maximum absolute atomic E-state index is 12.3. The zero-order valence-corrected chi connectivity index (χ0v) is 10.0. The number of ketones is 1. The van der Waals surface area contributed by atoms with E-state index in [-0.39, 0.29) is 11.7 Å². The molecule has 15 heavy (non-hydrogen) atoms. The van der Waals surface area contributed by atoms with Gasteiger partial charge >= 0.3 is 0 Å². The Hall–Kier alpha value is -0.590. The van der Waals surface area contributed by atoms with Crippen LogP contribution in [0.15, 0.2) is 12.6 Å². The molecule has 1 nitrogen and oxygen atoms in total. The van der Waals surface area contributed by atoms with Crippen molar-refractivity contribution in [2.45, 2.75) is 52.8 Å². The van der Waals surface area contributed by atoms with E-state index < -0.39 is 11.8 Å². The number of hydrogen-bond acceptors (Lipinski definition) is 1. The molecule has 0 heterocycles. The van der Waals surface area contributed by atoms with Crippen LogP contribution in [0.4, 0.5) is 0 Å². The molecule has 1 rings (SSSR count). The second-order valence-electron chi connectivity index (χ2n) is 5.11. The van der Waals surface area contributed by atoms with E-state index in [9.17, 15) is 4.79 Å². The molecule has 0 aromatic carbocycles. The van der Waals surface area contributed by atoms with Gasteiger partial charge in [-0.2, -0.15) is 0 Å². The van der Waals surface area contributed by atoms with Crippen LogP contribution in [0.2, 0.25) is 0 Å². The molecule has 1 aliphatic carbocycles. The lowest BCUT2D eigenvalue weighted by Crippen LogP contribution is -2.31. The van der Waals surface area contributed by atoms with Crippen LogP contribution in [0, 0.1) is 17.3 Å². The third-order valence-corrected chi connectivity index (χ3v) is 3.69. The number of carbonyl (C=O) groups excluding carboxylic acids is 1. The van der Waals surface area contributed by atoms with E-state index in [1.807, 2.05) is 6.92 Å². The highest BCUT2D eigenvalue weighted by atomic mass is 16.1. The standard InChI is InChI=1S/C14H24O/c1-5-6-7-10-14(4)12(11(2)3)8-9-13(14)15/h5,11-12H,1,6-10H2,2-4H3/t12-,14-/m1/s1/i1D,9D2. The molecule has 0 saturated heterocycles. The first-order valence-corrected chi connectivity index (χ1v) is 5.84. The number of hydrogen-bond donors (Lipinski definition) is 0. The van der Waals surface area contributed by atoms with Crippen molar-refractivity contribution < 1.29 is 8.91 Å². The van der Waals surface area contributed by atoms with E-state index in [0.29, 0.717) is 12.3 Å². The molecule has 0 spiro atoms. The lowest BCUT2D eigenvalue weighted by atomic mass is 9.70. The van der Waals surface area contributed by atoms with Crippen molar-refractivity contribution in [1.29, 1.82) is 0 Å². The van der Waals surface area contributed by atoms with Crippen LogP contribution in [0.5, 0.6) is 0 Å². The van der Waals surface area contributed by atoms with E-state index in [0.717, 1.165) is 19.3 Å². The van der Waals surface area contributed by atoms with Crippen molar-refractivity contribution in [1.82, 2.24) is 0 Å². The monoisotopic (exact) mass is 211 g/mol. The van der Waals surface area contributed by atoms with Gasteiger partial charge in [-0.3, -0.25) is 4.79 Å². The molecular formula is C14H24O. The predicted molar refractivity (Wildman–Crippen MR) is 64.7 cm³/mol. The van der Waals surface area contributed by atoms with Gasteiger partial charge in [-0.1, -0.05) is 26.8 Å². The Kier molecular flexibility index (Phi) is 2.83. The van der Waals surface area contributed by atoms with Gasteiger partial charge in [0.05, 0.1) is 1.37 Å². The molecule has 0 unspecified atom stereocenters. The first-order chi connectivity index (χ1) is 8.25. The first-order valence-electron chi connectivity index (χ1n) is 7.42. The molecule has 1 heteroatoms. The lowest BCUT2D eigenvalue weighted by Gasteiger charge is -2.32. The summed E-state index contributed by atoms with van der Waals surface area (Å²) >= 11 is 0. The second kappa shape index (κ2) is 4.96. The smallest absolute Gasteiger partial charge is 0.139 e. The van der Waals surface area contributed by atoms with Crippen molar-refractivity contribution in [3.63, 3.8) is 0 Å². The van der Waals surface area contributed by atoms with Gasteiger partial charge in [0.1, 0.15) is 5.78 Å². The maximum atomic E-state index is 12.3. The highest BCUT2D eigenvalue weighted by Crippen LogP contribution is 2.47. The summed E-state index contributed by atoms with van der Waals surface area (Å²) in [6.07, 6.45) is 2.83. The minimum Gasteiger partial charge on any atom is -0.299 e. The van der Waals surface area contributed by atoms with Gasteiger partial charge in [0, 0.05) is 14.5 Å². The van der Waals surface area contributed by atoms with Crippen molar-refractivity contribution in [3.05, 3.63) is 12.6 Å². The largest absolute Gasteiger partial charge is 0.299 e. The molecule has 0 N–H and O–H groups in total. The Labute approximate surface area is 98.2 Å². The lowest BCUT2D eigenvalue weighted by molar-refractivity contribution is -0.127. The summed E-state index contributed by atoms with van der Waals surface area (Å²) in [7, 11) is 0. The topological polar surface area (TPSA) is 17.1 Å². The van der Waals surface area contributed by atoms with Crippen molar-refractivity contribution in [2.24, 2.45) is 17.3 Å². The SMILES string of the molecule is [2H]C=CCCC[C@@]1(C)C(=O)C([2H])([2H])C[C@@H]1C(C)C. The molecule has 0 aromatic heterocycles. The number of carbonyl (C=O) groups is 1. The van der Waals surface area contributed by atoms with E-state index >= 15 is 0 Å². The number of allylic oxidation sites excluding steroid dienone is 1. The van der Waals surface area contributed by atoms with Crippen LogP contribution >= 0.6 is 0 Å². The normalized spacial score (nSPS) is 38.3. The van der Waals surface area contributed by atoms with Gasteiger partial charge < -0.3 is 0 Å². The quantitative estimate of drug-likeness (QED) is 0.496. The van der Waals surface area contributed by atoms with Gasteiger partial charge in [0.15, 0.2) is 0 Å². The van der Waals surface area contributed by atoms with Crippen molar-refractivity contribution in [3.8, 4) is 0 Å². The number of unbranched alkanes of at least 4 members (excludes halogenated alkanes) is 1. The zero-order chi connectivity index (χ0) is 14.0. The molecule has 1 saturated carbocycles. The van der Waals surface area contributed by atoms with Crippen LogP contribution in [0.1, 0.15) is 56.9 Å². The first kappa shape index (κ1) is 8.55. The van der Waals surface area contributed by atoms with Crippen molar-refractivity contribution in [2.75, 3.05) is 0 Å². The average Bonchev–Trinajstić information content (AvgIpc) is 2.47. The van der Waals surface area contributed by atoms with Crippen molar-refractivity contribution >= 4 is 5.78 Å². The molecule has 0 aliphatic heterocycles. The Morgan fingerprint density at radius 3 is 3.13 bits per heavy atom. The zero-order valence-electron chi connectivity index (χ0n) is 13.0. The van der Waals surface area contributed by atoms with Crippen LogP contribution in [0.3, 0.4) is 0 Å². The molecule has 2 atom stereocenters. The minimum absolute atomic E-state index is 0.125. The van der Waals surface area contributed by atoms with Gasteiger partial charge in [-0.05, 0) is 37.5 Å². The Balaban J connectivity index is 2.83. The van der Waals surface area contributed by atoms with Crippen LogP contribution in [-0.4, -0.2) is 5.78 Å². The summed E-state index contributed by atoms with van der Waals surface area (Å²) in [5.41, 5.74) is -0.534. The number of Topliss-reactive ketones (excluding diaryl/α,β-unsaturated/α-hetero) is 1.